The van der Waals surface area contributed by atoms with Crippen molar-refractivity contribution in [3.63, 3.8) is 0 Å². The molecular weight excluding hydrogens is 252 g/mol. The van der Waals surface area contributed by atoms with E-state index >= 15 is 0 Å². The summed E-state index contributed by atoms with van der Waals surface area (Å²) < 4.78 is 4.98. The molecular formula is C12H14N2O5. The lowest BCUT2D eigenvalue weighted by Gasteiger charge is -2.44. The molecule has 1 heterocycles. The molecule has 2 rings (SSSR count). The number of β-amino-alcohol motifs (C(OH)–C–C–N with tert-alkyl or cyclic N) is 1. The van der Waals surface area contributed by atoms with Crippen LogP contribution in [0.5, 0.6) is 5.75 Å². The second kappa shape index (κ2) is 4.51. The van der Waals surface area contributed by atoms with Crippen molar-refractivity contribution in [2.75, 3.05) is 20.2 Å². The van der Waals surface area contributed by atoms with Gasteiger partial charge in [0, 0.05) is 6.07 Å². The number of hydrogen-bond donors (Lipinski definition) is 1. The minimum atomic E-state index is -0.885. The molecule has 0 atom stereocenters. The zero-order chi connectivity index (χ0) is 14.2. The number of nitrogens with zero attached hydrogens (tertiary/aromatic N) is 2. The van der Waals surface area contributed by atoms with Crippen LogP contribution in [0.25, 0.3) is 0 Å². The maximum atomic E-state index is 12.2. The molecule has 1 aliphatic heterocycles. The summed E-state index contributed by atoms with van der Waals surface area (Å²) in [6.45, 7) is 2.04. The number of carbonyl (C=O) groups is 1. The van der Waals surface area contributed by atoms with Crippen LogP contribution in [0.1, 0.15) is 17.3 Å². The number of rotatable bonds is 3. The van der Waals surface area contributed by atoms with Crippen LogP contribution in [0, 0.1) is 10.1 Å². The van der Waals surface area contributed by atoms with Gasteiger partial charge in [-0.25, -0.2) is 0 Å². The predicted molar refractivity (Wildman–Crippen MR) is 66.2 cm³/mol. The van der Waals surface area contributed by atoms with Crippen molar-refractivity contribution in [1.82, 2.24) is 4.90 Å². The first kappa shape index (κ1) is 13.3. The zero-order valence-corrected chi connectivity index (χ0v) is 10.6. The van der Waals surface area contributed by atoms with Crippen molar-refractivity contribution in [3.8, 4) is 5.75 Å². The molecule has 1 fully saturated rings. The third kappa shape index (κ3) is 2.37. The summed E-state index contributed by atoms with van der Waals surface area (Å²) in [7, 11) is 1.28. The normalized spacial score (nSPS) is 16.7. The SMILES string of the molecule is COc1c(C(=O)N2CC(C)(O)C2)cccc1[N+](=O)[O-]. The summed E-state index contributed by atoms with van der Waals surface area (Å²) in [6.07, 6.45) is 0. The smallest absolute Gasteiger partial charge is 0.311 e. The molecule has 19 heavy (non-hydrogen) atoms. The van der Waals surface area contributed by atoms with E-state index < -0.39 is 10.5 Å². The number of aliphatic hydroxyl groups is 1. The quantitative estimate of drug-likeness (QED) is 0.645. The summed E-state index contributed by atoms with van der Waals surface area (Å²) in [5.74, 6) is -0.434. The van der Waals surface area contributed by atoms with Gasteiger partial charge in [0.25, 0.3) is 5.91 Å². The highest BCUT2D eigenvalue weighted by Gasteiger charge is 2.41. The van der Waals surface area contributed by atoms with Crippen LogP contribution < -0.4 is 4.74 Å². The Morgan fingerprint density at radius 1 is 1.53 bits per heavy atom. The van der Waals surface area contributed by atoms with Crippen LogP contribution in [-0.4, -0.2) is 46.6 Å². The number of nitro benzene ring substituents is 1. The van der Waals surface area contributed by atoms with Gasteiger partial charge in [-0.2, -0.15) is 0 Å². The van der Waals surface area contributed by atoms with Gasteiger partial charge in [-0.1, -0.05) is 6.07 Å². The van der Waals surface area contributed by atoms with E-state index in [-0.39, 0.29) is 36.0 Å². The monoisotopic (exact) mass is 266 g/mol. The van der Waals surface area contributed by atoms with E-state index in [9.17, 15) is 20.0 Å². The van der Waals surface area contributed by atoms with Gasteiger partial charge in [0.15, 0.2) is 0 Å². The maximum absolute atomic E-state index is 12.2. The standard InChI is InChI=1S/C12H14N2O5/c1-12(16)6-13(7-12)11(15)8-4-3-5-9(14(17)18)10(8)19-2/h3-5,16H,6-7H2,1-2H3. The van der Waals surface area contributed by atoms with Crippen LogP contribution in [0.2, 0.25) is 0 Å². The minimum absolute atomic E-state index is 0.0518. The van der Waals surface area contributed by atoms with E-state index in [0.29, 0.717) is 0 Å². The average Bonchev–Trinajstić information content (AvgIpc) is 2.33. The van der Waals surface area contributed by atoms with E-state index in [0.717, 1.165) is 0 Å². The third-order valence-electron chi connectivity index (χ3n) is 2.98. The lowest BCUT2D eigenvalue weighted by atomic mass is 9.95. The van der Waals surface area contributed by atoms with Gasteiger partial charge in [-0.3, -0.25) is 14.9 Å². The number of amides is 1. The first-order valence-corrected chi connectivity index (χ1v) is 5.69. The van der Waals surface area contributed by atoms with Crippen molar-refractivity contribution in [2.45, 2.75) is 12.5 Å². The zero-order valence-electron chi connectivity index (χ0n) is 10.6. The summed E-state index contributed by atoms with van der Waals surface area (Å²) >= 11 is 0. The van der Waals surface area contributed by atoms with Gasteiger partial charge in [0.05, 0.1) is 36.3 Å². The highest BCUT2D eigenvalue weighted by atomic mass is 16.6. The molecule has 0 unspecified atom stereocenters. The Hall–Kier alpha value is -2.15. The van der Waals surface area contributed by atoms with Crippen LogP contribution in [0.3, 0.4) is 0 Å². The van der Waals surface area contributed by atoms with E-state index in [4.69, 9.17) is 4.74 Å². The highest BCUT2D eigenvalue weighted by Crippen LogP contribution is 2.33. The first-order chi connectivity index (χ1) is 8.85. The Morgan fingerprint density at radius 2 is 2.16 bits per heavy atom. The summed E-state index contributed by atoms with van der Waals surface area (Å²) in [5, 5.41) is 20.5. The number of benzene rings is 1. The minimum Gasteiger partial charge on any atom is -0.490 e. The largest absolute Gasteiger partial charge is 0.490 e. The van der Waals surface area contributed by atoms with Gasteiger partial charge in [-0.05, 0) is 13.0 Å². The lowest BCUT2D eigenvalue weighted by molar-refractivity contribution is -0.385. The van der Waals surface area contributed by atoms with Crippen molar-refractivity contribution in [1.29, 1.82) is 0 Å². The van der Waals surface area contributed by atoms with Crippen molar-refractivity contribution in [3.05, 3.63) is 33.9 Å². The van der Waals surface area contributed by atoms with Crippen LogP contribution in [-0.2, 0) is 0 Å². The van der Waals surface area contributed by atoms with E-state index in [1.165, 1.54) is 30.2 Å². The molecule has 0 saturated carbocycles. The number of para-hydroxylation sites is 1. The van der Waals surface area contributed by atoms with Gasteiger partial charge >= 0.3 is 5.69 Å². The molecule has 0 aromatic heterocycles. The summed E-state index contributed by atoms with van der Waals surface area (Å²) in [4.78, 5) is 23.9. The molecule has 7 heteroatoms. The maximum Gasteiger partial charge on any atom is 0.311 e. The molecule has 0 aliphatic carbocycles. The van der Waals surface area contributed by atoms with Crippen LogP contribution >= 0.6 is 0 Å². The number of carbonyl (C=O) groups excluding carboxylic acids is 1. The van der Waals surface area contributed by atoms with E-state index in [1.807, 2.05) is 0 Å². The summed E-state index contributed by atoms with van der Waals surface area (Å²) in [5.41, 5.74) is -1.00. The molecule has 0 spiro atoms. The second-order valence-electron chi connectivity index (χ2n) is 4.77. The fourth-order valence-corrected chi connectivity index (χ4v) is 2.14. The topological polar surface area (TPSA) is 92.9 Å². The Balaban J connectivity index is 2.32. The van der Waals surface area contributed by atoms with Crippen LogP contribution in [0.4, 0.5) is 5.69 Å². The van der Waals surface area contributed by atoms with E-state index in [1.54, 1.807) is 6.92 Å². The molecule has 1 saturated heterocycles. The first-order valence-electron chi connectivity index (χ1n) is 5.69. The number of methoxy groups -OCH3 is 1. The second-order valence-corrected chi connectivity index (χ2v) is 4.77. The van der Waals surface area contributed by atoms with Crippen molar-refractivity contribution in [2.24, 2.45) is 0 Å². The Labute approximate surface area is 109 Å². The molecule has 1 aromatic rings. The average molecular weight is 266 g/mol. The molecule has 102 valence electrons. The predicted octanol–water partition coefficient (Wildman–Crippen LogP) is 0.810. The van der Waals surface area contributed by atoms with Gasteiger partial charge < -0.3 is 14.7 Å². The molecule has 1 N–H and O–H groups in total. The number of ether oxygens (including phenoxy) is 1. The Bertz CT molecular complexity index is 533. The number of likely N-dealkylation sites (tertiary alicyclic amines) is 1. The molecule has 0 bridgehead atoms. The Kier molecular flexibility index (Phi) is 3.15. The molecule has 0 radical (unpaired) electrons. The van der Waals surface area contributed by atoms with Gasteiger partial charge in [0.1, 0.15) is 0 Å². The fourth-order valence-electron chi connectivity index (χ4n) is 2.14. The highest BCUT2D eigenvalue weighted by molar-refractivity contribution is 5.98. The van der Waals surface area contributed by atoms with E-state index in [2.05, 4.69) is 0 Å². The molecule has 1 aliphatic rings. The summed E-state index contributed by atoms with van der Waals surface area (Å²) in [6, 6.07) is 4.19. The molecule has 1 amide bonds. The van der Waals surface area contributed by atoms with Crippen molar-refractivity contribution < 1.29 is 19.6 Å². The fraction of sp³-hybridized carbons (Fsp3) is 0.417. The Morgan fingerprint density at radius 3 is 2.63 bits per heavy atom. The van der Waals surface area contributed by atoms with Gasteiger partial charge in [0.2, 0.25) is 5.75 Å². The van der Waals surface area contributed by atoms with Crippen molar-refractivity contribution >= 4 is 11.6 Å². The number of nitro groups is 1. The lowest BCUT2D eigenvalue weighted by Crippen LogP contribution is -2.61. The number of hydrogen-bond acceptors (Lipinski definition) is 5. The third-order valence-corrected chi connectivity index (χ3v) is 2.98. The molecule has 7 nitrogen and oxygen atoms in total. The molecule has 1 aromatic carbocycles. The van der Waals surface area contributed by atoms with Gasteiger partial charge in [-0.15, -0.1) is 0 Å². The van der Waals surface area contributed by atoms with Crippen LogP contribution in [0.15, 0.2) is 18.2 Å².